The maximum atomic E-state index is 12.9. The first kappa shape index (κ1) is 16.6. The van der Waals surface area contributed by atoms with Crippen molar-refractivity contribution < 1.29 is 13.9 Å². The van der Waals surface area contributed by atoms with E-state index in [2.05, 4.69) is 10.3 Å². The number of carbonyl (C=O) groups is 1. The van der Waals surface area contributed by atoms with Crippen LogP contribution in [0, 0.1) is 12.7 Å². The number of benzene rings is 2. The van der Waals surface area contributed by atoms with Crippen molar-refractivity contribution in [3.05, 3.63) is 89.4 Å². The van der Waals surface area contributed by atoms with Crippen LogP contribution >= 0.6 is 0 Å². The van der Waals surface area contributed by atoms with Gasteiger partial charge in [0.2, 0.25) is 0 Å². The van der Waals surface area contributed by atoms with Gasteiger partial charge in [-0.1, -0.05) is 24.3 Å². The molecular weight excluding hydrogens is 319 g/mol. The van der Waals surface area contributed by atoms with E-state index < -0.39 is 0 Å². The van der Waals surface area contributed by atoms with Crippen molar-refractivity contribution in [1.82, 2.24) is 4.98 Å². The molecule has 1 N–H and O–H groups in total. The predicted molar refractivity (Wildman–Crippen MR) is 94.1 cm³/mol. The summed E-state index contributed by atoms with van der Waals surface area (Å²) in [5.74, 6) is 0.523. The molecule has 0 atom stereocenters. The van der Waals surface area contributed by atoms with Gasteiger partial charge in [-0.3, -0.25) is 4.79 Å². The summed E-state index contributed by atoms with van der Waals surface area (Å²) in [6.07, 6.45) is 0. The quantitative estimate of drug-likeness (QED) is 0.753. The summed E-state index contributed by atoms with van der Waals surface area (Å²) in [4.78, 5) is 16.6. The van der Waals surface area contributed by atoms with Gasteiger partial charge in [-0.05, 0) is 55.0 Å². The number of anilines is 1. The largest absolute Gasteiger partial charge is 0.489 e. The van der Waals surface area contributed by atoms with Gasteiger partial charge in [0.1, 0.15) is 24.0 Å². The number of hydrogen-bond acceptors (Lipinski definition) is 3. The zero-order valence-corrected chi connectivity index (χ0v) is 13.7. The molecule has 4 nitrogen and oxygen atoms in total. The highest BCUT2D eigenvalue weighted by molar-refractivity contribution is 6.04. The molecule has 0 saturated heterocycles. The van der Waals surface area contributed by atoms with E-state index in [4.69, 9.17) is 4.74 Å². The lowest BCUT2D eigenvalue weighted by Gasteiger charge is -2.09. The fraction of sp³-hybridized carbons (Fsp3) is 0.100. The molecule has 0 aliphatic heterocycles. The fourth-order valence-corrected chi connectivity index (χ4v) is 2.28. The number of halogens is 1. The Bertz CT molecular complexity index is 879. The van der Waals surface area contributed by atoms with E-state index in [1.54, 1.807) is 42.5 Å². The van der Waals surface area contributed by atoms with Gasteiger partial charge < -0.3 is 10.1 Å². The van der Waals surface area contributed by atoms with Gasteiger partial charge in [0, 0.05) is 11.3 Å². The Morgan fingerprint density at radius 2 is 1.84 bits per heavy atom. The highest BCUT2D eigenvalue weighted by Gasteiger charge is 2.08. The Hall–Kier alpha value is -3.21. The number of aromatic nitrogens is 1. The van der Waals surface area contributed by atoms with Crippen molar-refractivity contribution in [2.45, 2.75) is 13.5 Å². The standard InChI is InChI=1S/C20H17FN2O2/c1-14-4-2-7-19(22-14)23-20(24)16-5-3-6-18(12-16)25-13-15-8-10-17(21)11-9-15/h2-12H,13H2,1H3,(H,22,23,24). The lowest BCUT2D eigenvalue weighted by atomic mass is 10.2. The Morgan fingerprint density at radius 1 is 1.08 bits per heavy atom. The number of amides is 1. The van der Waals surface area contributed by atoms with Crippen molar-refractivity contribution in [3.8, 4) is 5.75 Å². The van der Waals surface area contributed by atoms with Crippen LogP contribution in [0.2, 0.25) is 0 Å². The minimum Gasteiger partial charge on any atom is -0.489 e. The van der Waals surface area contributed by atoms with E-state index in [1.807, 2.05) is 19.1 Å². The van der Waals surface area contributed by atoms with Crippen molar-refractivity contribution in [1.29, 1.82) is 0 Å². The maximum absolute atomic E-state index is 12.9. The lowest BCUT2D eigenvalue weighted by molar-refractivity contribution is 0.102. The van der Waals surface area contributed by atoms with Crippen LogP contribution in [0.5, 0.6) is 5.75 Å². The number of ether oxygens (including phenoxy) is 1. The predicted octanol–water partition coefficient (Wildman–Crippen LogP) is 4.36. The van der Waals surface area contributed by atoms with Crippen LogP contribution in [0.1, 0.15) is 21.6 Å². The zero-order valence-electron chi connectivity index (χ0n) is 13.7. The summed E-state index contributed by atoms with van der Waals surface area (Å²) in [5, 5.41) is 2.76. The van der Waals surface area contributed by atoms with Crippen LogP contribution in [0.3, 0.4) is 0 Å². The Kier molecular flexibility index (Phi) is 5.04. The molecule has 5 heteroatoms. The van der Waals surface area contributed by atoms with E-state index in [-0.39, 0.29) is 11.7 Å². The monoisotopic (exact) mass is 336 g/mol. The molecule has 3 aromatic rings. The van der Waals surface area contributed by atoms with Gasteiger partial charge in [-0.15, -0.1) is 0 Å². The van der Waals surface area contributed by atoms with Gasteiger partial charge in [0.25, 0.3) is 5.91 Å². The van der Waals surface area contributed by atoms with Crippen LogP contribution in [-0.2, 0) is 6.61 Å². The molecular formula is C20H17FN2O2. The molecule has 25 heavy (non-hydrogen) atoms. The Morgan fingerprint density at radius 3 is 2.60 bits per heavy atom. The van der Waals surface area contributed by atoms with Crippen LogP contribution in [0.25, 0.3) is 0 Å². The average molecular weight is 336 g/mol. The minimum absolute atomic E-state index is 0.259. The molecule has 1 aromatic heterocycles. The summed E-state index contributed by atoms with van der Waals surface area (Å²) in [6.45, 7) is 2.16. The molecule has 126 valence electrons. The summed E-state index contributed by atoms with van der Waals surface area (Å²) < 4.78 is 18.6. The summed E-state index contributed by atoms with van der Waals surface area (Å²) >= 11 is 0. The fourth-order valence-electron chi connectivity index (χ4n) is 2.28. The third-order valence-electron chi connectivity index (χ3n) is 3.54. The van der Waals surface area contributed by atoms with Crippen LogP contribution in [0.4, 0.5) is 10.2 Å². The summed E-state index contributed by atoms with van der Waals surface area (Å²) in [5.41, 5.74) is 2.15. The molecule has 0 radical (unpaired) electrons. The third kappa shape index (κ3) is 4.64. The second-order valence-electron chi connectivity index (χ2n) is 5.56. The Balaban J connectivity index is 1.66. The Labute approximate surface area is 145 Å². The topological polar surface area (TPSA) is 51.2 Å². The second kappa shape index (κ2) is 7.57. The molecule has 0 fully saturated rings. The minimum atomic E-state index is -0.285. The second-order valence-corrected chi connectivity index (χ2v) is 5.56. The highest BCUT2D eigenvalue weighted by atomic mass is 19.1. The van der Waals surface area contributed by atoms with Crippen molar-refractivity contribution >= 4 is 11.7 Å². The molecule has 0 aliphatic rings. The number of rotatable bonds is 5. The molecule has 2 aromatic carbocycles. The first-order valence-corrected chi connectivity index (χ1v) is 7.82. The van der Waals surface area contributed by atoms with Gasteiger partial charge in [0.05, 0.1) is 0 Å². The van der Waals surface area contributed by atoms with Crippen molar-refractivity contribution in [2.24, 2.45) is 0 Å². The maximum Gasteiger partial charge on any atom is 0.256 e. The van der Waals surface area contributed by atoms with E-state index >= 15 is 0 Å². The van der Waals surface area contributed by atoms with E-state index in [1.165, 1.54) is 12.1 Å². The molecule has 0 aliphatic carbocycles. The molecule has 0 saturated carbocycles. The van der Waals surface area contributed by atoms with Crippen LogP contribution in [0.15, 0.2) is 66.7 Å². The molecule has 1 heterocycles. The first-order chi connectivity index (χ1) is 12.1. The lowest BCUT2D eigenvalue weighted by Crippen LogP contribution is -2.13. The average Bonchev–Trinajstić information content (AvgIpc) is 2.61. The molecule has 0 bridgehead atoms. The normalized spacial score (nSPS) is 10.3. The summed E-state index contributed by atoms with van der Waals surface area (Å²) in [6, 6.07) is 18.4. The van der Waals surface area contributed by atoms with Crippen molar-refractivity contribution in [2.75, 3.05) is 5.32 Å². The smallest absolute Gasteiger partial charge is 0.256 e. The summed E-state index contributed by atoms with van der Waals surface area (Å²) in [7, 11) is 0. The number of carbonyl (C=O) groups excluding carboxylic acids is 1. The van der Waals surface area contributed by atoms with Gasteiger partial charge in [-0.2, -0.15) is 0 Å². The zero-order chi connectivity index (χ0) is 17.6. The number of aryl methyl sites for hydroxylation is 1. The van der Waals surface area contributed by atoms with Crippen molar-refractivity contribution in [3.63, 3.8) is 0 Å². The number of nitrogens with zero attached hydrogens (tertiary/aromatic N) is 1. The molecule has 3 rings (SSSR count). The van der Waals surface area contributed by atoms with E-state index in [9.17, 15) is 9.18 Å². The van der Waals surface area contributed by atoms with Crippen LogP contribution < -0.4 is 10.1 Å². The third-order valence-corrected chi connectivity index (χ3v) is 3.54. The van der Waals surface area contributed by atoms with Gasteiger partial charge >= 0.3 is 0 Å². The van der Waals surface area contributed by atoms with Gasteiger partial charge in [0.15, 0.2) is 0 Å². The number of hydrogen-bond donors (Lipinski definition) is 1. The van der Waals surface area contributed by atoms with E-state index in [0.29, 0.717) is 23.7 Å². The SMILES string of the molecule is Cc1cccc(NC(=O)c2cccc(OCc3ccc(F)cc3)c2)n1. The van der Waals surface area contributed by atoms with Crippen LogP contribution in [-0.4, -0.2) is 10.9 Å². The number of pyridine rings is 1. The van der Waals surface area contributed by atoms with E-state index in [0.717, 1.165) is 11.3 Å². The van der Waals surface area contributed by atoms with Gasteiger partial charge in [-0.25, -0.2) is 9.37 Å². The first-order valence-electron chi connectivity index (χ1n) is 7.82. The highest BCUT2D eigenvalue weighted by Crippen LogP contribution is 2.17. The molecule has 1 amide bonds. The number of nitrogens with one attached hydrogen (secondary N) is 1. The molecule has 0 unspecified atom stereocenters. The molecule has 0 spiro atoms.